The zero-order chi connectivity index (χ0) is 85.8. The number of rotatable bonds is 47. The van der Waals surface area contributed by atoms with Crippen LogP contribution < -0.4 is 81.6 Å². The Balaban J connectivity index is 0.974. The molecular weight excluding hydrogens is 1510 g/mol. The van der Waals surface area contributed by atoms with E-state index in [1.165, 1.54) is 43.5 Å². The van der Waals surface area contributed by atoms with E-state index in [4.69, 9.17) is 33.2 Å². The van der Waals surface area contributed by atoms with Gasteiger partial charge in [0, 0.05) is 104 Å². The molecule has 0 bridgehead atoms. The number of methoxy groups -OCH3 is 1. The molecule has 7 rings (SSSR count). The van der Waals surface area contributed by atoms with Crippen LogP contribution in [0.15, 0.2) is 127 Å². The molecule has 0 heterocycles. The zero-order valence-electron chi connectivity index (χ0n) is 71.6. The lowest BCUT2D eigenvalue weighted by molar-refractivity contribution is 0.0599. The number of nitrogens with one attached hydrogen (secondary N) is 10. The first-order valence-electron chi connectivity index (χ1n) is 39.0. The number of urea groups is 4. The maximum absolute atomic E-state index is 14.0. The van der Waals surface area contributed by atoms with Crippen molar-refractivity contribution in [1.29, 1.82) is 0 Å². The summed E-state index contributed by atoms with van der Waals surface area (Å²) >= 11 is 0. The van der Waals surface area contributed by atoms with Gasteiger partial charge in [0.05, 0.1) is 51.9 Å². The van der Waals surface area contributed by atoms with Gasteiger partial charge in [-0.25, -0.2) is 24.0 Å². The number of esters is 1. The first-order valence-corrected chi connectivity index (χ1v) is 39.0. The second-order valence-corrected chi connectivity index (χ2v) is 30.8. The van der Waals surface area contributed by atoms with Crippen LogP contribution in [0.25, 0.3) is 0 Å². The summed E-state index contributed by atoms with van der Waals surface area (Å²) in [5.41, 5.74) is 11.4. The molecule has 32 heteroatoms. The van der Waals surface area contributed by atoms with E-state index < -0.39 is 41.9 Å². The van der Waals surface area contributed by atoms with E-state index in [9.17, 15) is 33.6 Å². The predicted octanol–water partition coefficient (Wildman–Crippen LogP) is 8.39. The highest BCUT2D eigenvalue weighted by Crippen LogP contribution is 2.29. The number of amides is 10. The summed E-state index contributed by atoms with van der Waals surface area (Å²) in [5.74, 6) is -0.213. The SMILES string of the molecule is COC(=O)c1cc(OCCNC(=O)c2cc(OCCNC(=O)Nc3cc(CN(C)C)cc(CN(C)C)c3)cc(OCCNC(=O)Nc3cc(CN(C)C)cc(CN(C)C)c3)c2)cc(OCCNC(=O)c2cc(OCCNC(=O)Nc3cc(CN(C)C)cc(CN(C)C)c3)cc(OCCNC(=O)Nc3cc(CN(C)C)cc(CN(C)C)c3)c2)c1. The fourth-order valence-corrected chi connectivity index (χ4v) is 12.6. The number of anilines is 4. The lowest BCUT2D eigenvalue weighted by Crippen LogP contribution is -2.32. The molecule has 0 aromatic heterocycles. The summed E-state index contributed by atoms with van der Waals surface area (Å²) in [4.78, 5) is 110. The van der Waals surface area contributed by atoms with Crippen LogP contribution in [0.4, 0.5) is 41.9 Å². The fourth-order valence-electron chi connectivity index (χ4n) is 12.6. The quantitative estimate of drug-likeness (QED) is 0.0126. The summed E-state index contributed by atoms with van der Waals surface area (Å²) in [6, 6.07) is 36.1. The van der Waals surface area contributed by atoms with Gasteiger partial charge in [-0.05, 0) is 242 Å². The minimum Gasteiger partial charge on any atom is -0.492 e. The normalized spacial score (nSPS) is 11.3. The Labute approximate surface area is 694 Å². The molecule has 7 aromatic rings. The maximum Gasteiger partial charge on any atom is 0.338 e. The first kappa shape index (κ1) is 93.7. The van der Waals surface area contributed by atoms with Gasteiger partial charge in [-0.2, -0.15) is 0 Å². The van der Waals surface area contributed by atoms with Gasteiger partial charge in [-0.15, -0.1) is 0 Å². The average molecular weight is 1630 g/mol. The van der Waals surface area contributed by atoms with E-state index in [2.05, 4.69) is 117 Å². The second-order valence-electron chi connectivity index (χ2n) is 30.8. The molecule has 0 aliphatic heterocycles. The van der Waals surface area contributed by atoms with Crippen molar-refractivity contribution in [3.63, 3.8) is 0 Å². The molecule has 0 saturated heterocycles. The summed E-state index contributed by atoms with van der Waals surface area (Å²) in [6.07, 6.45) is 0. The number of hydrogen-bond donors (Lipinski definition) is 10. The average Bonchev–Trinajstić information content (AvgIpc) is 0.846. The number of carbonyl (C=O) groups excluding carboxylic acids is 7. The van der Waals surface area contributed by atoms with E-state index in [-0.39, 0.29) is 130 Å². The van der Waals surface area contributed by atoms with Crippen LogP contribution in [0.2, 0.25) is 0 Å². The van der Waals surface area contributed by atoms with E-state index >= 15 is 0 Å². The Bertz CT molecular complexity index is 3850. The van der Waals surface area contributed by atoms with Crippen LogP contribution in [0.1, 0.15) is 75.6 Å². The van der Waals surface area contributed by atoms with E-state index in [1.54, 1.807) is 18.2 Å². The topological polar surface area (TPSA) is 330 Å². The minimum absolute atomic E-state index is 0.00975. The highest BCUT2D eigenvalue weighted by Gasteiger charge is 2.19. The van der Waals surface area contributed by atoms with Crippen molar-refractivity contribution in [2.45, 2.75) is 52.4 Å². The van der Waals surface area contributed by atoms with E-state index in [0.717, 1.165) is 44.5 Å². The number of ether oxygens (including phenoxy) is 7. The van der Waals surface area contributed by atoms with Crippen LogP contribution in [0, 0.1) is 0 Å². The molecule has 0 aliphatic rings. The maximum atomic E-state index is 14.0. The monoisotopic (exact) mass is 1630 g/mol. The van der Waals surface area contributed by atoms with Crippen LogP contribution in [-0.4, -0.2) is 280 Å². The Kier molecular flexibility index (Phi) is 38.3. The number of benzene rings is 7. The van der Waals surface area contributed by atoms with Crippen molar-refractivity contribution >= 4 is 64.7 Å². The Hall–Kier alpha value is -11.5. The van der Waals surface area contributed by atoms with Gasteiger partial charge >= 0.3 is 30.1 Å². The molecule has 0 unspecified atom stereocenters. The minimum atomic E-state index is -0.675. The molecule has 10 amide bonds. The van der Waals surface area contributed by atoms with Gasteiger partial charge in [-0.1, -0.05) is 24.3 Å². The number of carbonyl (C=O) groups is 7. The van der Waals surface area contributed by atoms with Gasteiger partial charge in [0.1, 0.15) is 74.1 Å². The lowest BCUT2D eigenvalue weighted by atomic mass is 10.1. The van der Waals surface area contributed by atoms with Crippen molar-refractivity contribution in [1.82, 2.24) is 71.1 Å². The van der Waals surface area contributed by atoms with E-state index in [0.29, 0.717) is 75.1 Å². The van der Waals surface area contributed by atoms with Gasteiger partial charge in [-0.3, -0.25) is 9.59 Å². The first-order chi connectivity index (χ1) is 56.2. The molecule has 640 valence electrons. The molecule has 0 saturated carbocycles. The van der Waals surface area contributed by atoms with Gasteiger partial charge < -0.3 is 126 Å². The molecule has 0 fully saturated rings. The third kappa shape index (κ3) is 35.9. The van der Waals surface area contributed by atoms with Crippen LogP contribution in [0.3, 0.4) is 0 Å². The smallest absolute Gasteiger partial charge is 0.338 e. The number of hydrogen-bond acceptors (Lipinski definition) is 22. The highest BCUT2D eigenvalue weighted by molar-refractivity contribution is 5.96. The molecule has 0 aliphatic carbocycles. The molecular formula is C86H122N18O14. The molecule has 118 heavy (non-hydrogen) atoms. The highest BCUT2D eigenvalue weighted by atomic mass is 16.5. The van der Waals surface area contributed by atoms with Gasteiger partial charge in [0.15, 0.2) is 0 Å². The molecule has 32 nitrogen and oxygen atoms in total. The van der Waals surface area contributed by atoms with Crippen molar-refractivity contribution in [2.24, 2.45) is 0 Å². The van der Waals surface area contributed by atoms with Crippen LogP contribution >= 0.6 is 0 Å². The van der Waals surface area contributed by atoms with Gasteiger partial charge in [0.2, 0.25) is 0 Å². The Morgan fingerprint density at radius 2 is 0.415 bits per heavy atom. The molecule has 0 radical (unpaired) electrons. The molecule has 10 N–H and O–H groups in total. The third-order valence-electron chi connectivity index (χ3n) is 16.8. The Morgan fingerprint density at radius 3 is 0.593 bits per heavy atom. The third-order valence-corrected chi connectivity index (χ3v) is 16.8. The lowest BCUT2D eigenvalue weighted by Gasteiger charge is -2.17. The summed E-state index contributed by atoms with van der Waals surface area (Å²) in [7, 11) is 33.0. The fraction of sp³-hybridized carbons (Fsp3) is 0.430. The van der Waals surface area contributed by atoms with Crippen molar-refractivity contribution < 1.29 is 66.7 Å². The Morgan fingerprint density at radius 1 is 0.237 bits per heavy atom. The number of nitrogens with zero attached hydrogens (tertiary/aromatic N) is 8. The standard InChI is InChI=1S/C86H122N18O14/c1-97(2)51-59-30-60(52-98(3)4)35-70(34-59)93-83(108)89-20-26-115-74-42-67(43-75(48-74)116-27-21-90-84(109)94-71-36-61(53-99(5)6)31-62(37-71)54-100(7)8)80(105)87-18-24-113-78-46-69(82(107)112-17)47-79(50-78)114-25-19-88-81(106)68-44-76(117-28-22-91-85(110)95-72-38-63(55-101(9)10)32-64(39-72)56-102(11)12)49-77(45-68)118-29-23-92-86(111)96-73-40-65(57-103(13)14)33-66(41-73)58-104(15)16/h30-50H,18-29,51-58H2,1-17H3,(H,87,105)(H,88,106)(H2,89,93,108)(H2,90,94,109)(H2,91,95,110)(H2,92,96,111). The van der Waals surface area contributed by atoms with Crippen molar-refractivity contribution in [3.8, 4) is 34.5 Å². The summed E-state index contributed by atoms with van der Waals surface area (Å²) in [5, 5.41) is 28.9. The predicted molar refractivity (Wildman–Crippen MR) is 461 cm³/mol. The largest absolute Gasteiger partial charge is 0.492 e. The molecule has 0 spiro atoms. The van der Waals surface area contributed by atoms with Crippen molar-refractivity contribution in [2.75, 3.05) is 220 Å². The second kappa shape index (κ2) is 48.3. The van der Waals surface area contributed by atoms with Gasteiger partial charge in [0.25, 0.3) is 11.8 Å². The van der Waals surface area contributed by atoms with Crippen LogP contribution in [0.5, 0.6) is 34.5 Å². The van der Waals surface area contributed by atoms with Crippen LogP contribution in [-0.2, 0) is 57.1 Å². The zero-order valence-corrected chi connectivity index (χ0v) is 71.6. The summed E-state index contributed by atoms with van der Waals surface area (Å²) < 4.78 is 41.7. The molecule has 7 aromatic carbocycles. The van der Waals surface area contributed by atoms with Crippen molar-refractivity contribution in [3.05, 3.63) is 189 Å². The summed E-state index contributed by atoms with van der Waals surface area (Å²) in [6.45, 7) is 5.86. The molecule has 0 atom stereocenters. The van der Waals surface area contributed by atoms with E-state index in [1.807, 2.05) is 161 Å².